The first kappa shape index (κ1) is 9.09. The first-order valence-corrected chi connectivity index (χ1v) is 5.20. The van der Waals surface area contributed by atoms with Crippen molar-refractivity contribution in [2.24, 2.45) is 0 Å². The van der Waals surface area contributed by atoms with E-state index >= 15 is 0 Å². The van der Waals surface area contributed by atoms with Crippen LogP contribution < -0.4 is 0 Å². The molecule has 2 aliphatic rings. The molecule has 0 aromatic rings. The zero-order valence-electron chi connectivity index (χ0n) is 8.29. The Labute approximate surface area is 85.7 Å². The predicted molar refractivity (Wildman–Crippen MR) is 60.7 cm³/mol. The van der Waals surface area contributed by atoms with Crippen molar-refractivity contribution in [2.45, 2.75) is 25.7 Å². The summed E-state index contributed by atoms with van der Waals surface area (Å²) in [5, 5.41) is 0. The molecular formula is C14H14. The van der Waals surface area contributed by atoms with E-state index in [1.165, 1.54) is 0 Å². The van der Waals surface area contributed by atoms with E-state index in [0.29, 0.717) is 0 Å². The molecule has 0 heterocycles. The quantitative estimate of drug-likeness (QED) is 0.503. The molecule has 0 bridgehead atoms. The highest BCUT2D eigenvalue weighted by Gasteiger charge is 1.94. The minimum absolute atomic E-state index is 1.13. The standard InChI is InChI=1S/C14H14/c1-3-7-13(8-4-1)11-12-14-9-5-2-6-10-14/h3,5,7-10H,1-2,4,6H2. The van der Waals surface area contributed by atoms with E-state index in [1.807, 2.05) is 0 Å². The highest BCUT2D eigenvalue weighted by Crippen LogP contribution is 2.11. The Bertz CT molecular complexity index is 342. The third kappa shape index (κ3) is 2.50. The molecule has 0 spiro atoms. The van der Waals surface area contributed by atoms with Crippen molar-refractivity contribution in [3.05, 3.63) is 47.6 Å². The number of hydrogen-bond donors (Lipinski definition) is 0. The van der Waals surface area contributed by atoms with Gasteiger partial charge in [0.05, 0.1) is 0 Å². The van der Waals surface area contributed by atoms with E-state index in [9.17, 15) is 0 Å². The number of hydrogen-bond acceptors (Lipinski definition) is 0. The molecule has 0 aromatic carbocycles. The summed E-state index contributed by atoms with van der Waals surface area (Å²) in [6.45, 7) is 0. The van der Waals surface area contributed by atoms with Crippen LogP contribution in [0.3, 0.4) is 0 Å². The lowest BCUT2D eigenvalue weighted by molar-refractivity contribution is 1.03. The molecule has 0 saturated heterocycles. The second kappa shape index (κ2) is 4.67. The molecular weight excluding hydrogens is 168 g/mol. The minimum atomic E-state index is 1.13. The van der Waals surface area contributed by atoms with Gasteiger partial charge in [-0.1, -0.05) is 48.3 Å². The Balaban J connectivity index is 2.05. The van der Waals surface area contributed by atoms with Gasteiger partial charge in [-0.25, -0.2) is 0 Å². The van der Waals surface area contributed by atoms with Crippen LogP contribution in [-0.4, -0.2) is 0 Å². The summed E-state index contributed by atoms with van der Waals surface area (Å²) in [6, 6.07) is 0. The molecule has 2 aliphatic carbocycles. The van der Waals surface area contributed by atoms with Gasteiger partial charge in [-0.3, -0.25) is 0 Å². The lowest BCUT2D eigenvalue weighted by atomic mass is 10.1. The van der Waals surface area contributed by atoms with Gasteiger partial charge in [0.25, 0.3) is 0 Å². The summed E-state index contributed by atoms with van der Waals surface area (Å²) < 4.78 is 0. The van der Waals surface area contributed by atoms with E-state index in [4.69, 9.17) is 0 Å². The first-order chi connectivity index (χ1) is 6.95. The molecule has 0 atom stereocenters. The maximum atomic E-state index is 3.20. The SMILES string of the molecule is C(#CC1=CCCC=C1)C1=CCCC=C1. The summed E-state index contributed by atoms with van der Waals surface area (Å²) in [7, 11) is 0. The number of rotatable bonds is 0. The van der Waals surface area contributed by atoms with Gasteiger partial charge in [0.15, 0.2) is 0 Å². The van der Waals surface area contributed by atoms with E-state index in [0.717, 1.165) is 36.8 Å². The summed E-state index contributed by atoms with van der Waals surface area (Å²) in [4.78, 5) is 0. The third-order valence-electron chi connectivity index (χ3n) is 2.34. The van der Waals surface area contributed by atoms with E-state index in [2.05, 4.69) is 48.3 Å². The van der Waals surface area contributed by atoms with Crippen molar-refractivity contribution in [2.75, 3.05) is 0 Å². The summed E-state index contributed by atoms with van der Waals surface area (Å²) >= 11 is 0. The fourth-order valence-electron chi connectivity index (χ4n) is 1.56. The average molecular weight is 182 g/mol. The van der Waals surface area contributed by atoms with Crippen molar-refractivity contribution in [1.82, 2.24) is 0 Å². The second-order valence-electron chi connectivity index (χ2n) is 3.53. The van der Waals surface area contributed by atoms with Crippen LogP contribution in [0.2, 0.25) is 0 Å². The molecule has 0 radical (unpaired) electrons. The van der Waals surface area contributed by atoms with Gasteiger partial charge in [0, 0.05) is 11.1 Å². The molecule has 0 aliphatic heterocycles. The topological polar surface area (TPSA) is 0 Å². The monoisotopic (exact) mass is 182 g/mol. The highest BCUT2D eigenvalue weighted by atomic mass is 14.0. The van der Waals surface area contributed by atoms with Gasteiger partial charge in [0.2, 0.25) is 0 Å². The molecule has 2 rings (SSSR count). The Morgan fingerprint density at radius 1 is 0.714 bits per heavy atom. The van der Waals surface area contributed by atoms with Gasteiger partial charge in [0.1, 0.15) is 0 Å². The fourth-order valence-corrected chi connectivity index (χ4v) is 1.56. The van der Waals surface area contributed by atoms with Crippen LogP contribution in [0, 0.1) is 11.8 Å². The van der Waals surface area contributed by atoms with Crippen LogP contribution in [0.5, 0.6) is 0 Å². The van der Waals surface area contributed by atoms with Crippen LogP contribution in [0.25, 0.3) is 0 Å². The average Bonchev–Trinajstić information content (AvgIpc) is 2.29. The Morgan fingerprint density at radius 2 is 1.21 bits per heavy atom. The van der Waals surface area contributed by atoms with Crippen LogP contribution in [0.4, 0.5) is 0 Å². The normalized spacial score (nSPS) is 19.4. The van der Waals surface area contributed by atoms with Crippen LogP contribution in [0.1, 0.15) is 25.7 Å². The molecule has 0 fully saturated rings. The van der Waals surface area contributed by atoms with Gasteiger partial charge >= 0.3 is 0 Å². The van der Waals surface area contributed by atoms with Crippen molar-refractivity contribution < 1.29 is 0 Å². The molecule has 0 heteroatoms. The van der Waals surface area contributed by atoms with Gasteiger partial charge in [-0.05, 0) is 25.7 Å². The van der Waals surface area contributed by atoms with Crippen molar-refractivity contribution in [1.29, 1.82) is 0 Å². The molecule has 0 aromatic heterocycles. The van der Waals surface area contributed by atoms with Crippen LogP contribution in [-0.2, 0) is 0 Å². The molecule has 70 valence electrons. The second-order valence-corrected chi connectivity index (χ2v) is 3.53. The fraction of sp³-hybridized carbons (Fsp3) is 0.286. The van der Waals surface area contributed by atoms with E-state index < -0.39 is 0 Å². The lowest BCUT2D eigenvalue weighted by Crippen LogP contribution is -1.83. The van der Waals surface area contributed by atoms with Crippen molar-refractivity contribution >= 4 is 0 Å². The van der Waals surface area contributed by atoms with Gasteiger partial charge in [-0.15, -0.1) is 0 Å². The Hall–Kier alpha value is -1.48. The summed E-state index contributed by atoms with van der Waals surface area (Å²) in [6.07, 6.45) is 17.6. The van der Waals surface area contributed by atoms with E-state index in [-0.39, 0.29) is 0 Å². The summed E-state index contributed by atoms with van der Waals surface area (Å²) in [5.41, 5.74) is 2.33. The summed E-state index contributed by atoms with van der Waals surface area (Å²) in [5.74, 6) is 6.39. The number of allylic oxidation sites excluding steroid dienone is 8. The van der Waals surface area contributed by atoms with E-state index in [1.54, 1.807) is 0 Å². The lowest BCUT2D eigenvalue weighted by Gasteiger charge is -2.00. The minimum Gasteiger partial charge on any atom is -0.0830 e. The van der Waals surface area contributed by atoms with Gasteiger partial charge in [-0.2, -0.15) is 0 Å². The first-order valence-electron chi connectivity index (χ1n) is 5.20. The maximum absolute atomic E-state index is 3.20. The van der Waals surface area contributed by atoms with Crippen molar-refractivity contribution in [3.63, 3.8) is 0 Å². The molecule has 14 heavy (non-hydrogen) atoms. The highest BCUT2D eigenvalue weighted by molar-refractivity contribution is 5.48. The van der Waals surface area contributed by atoms with Crippen LogP contribution in [0.15, 0.2) is 47.6 Å². The predicted octanol–water partition coefficient (Wildman–Crippen LogP) is 3.54. The largest absolute Gasteiger partial charge is 0.0830 e. The Kier molecular flexibility index (Phi) is 3.03. The molecule has 0 N–H and O–H groups in total. The molecule has 0 saturated carbocycles. The van der Waals surface area contributed by atoms with Gasteiger partial charge < -0.3 is 0 Å². The smallest absolute Gasteiger partial charge is 0.0206 e. The molecule has 0 nitrogen and oxygen atoms in total. The van der Waals surface area contributed by atoms with Crippen molar-refractivity contribution in [3.8, 4) is 11.8 Å². The Morgan fingerprint density at radius 3 is 1.57 bits per heavy atom. The molecule has 0 unspecified atom stereocenters. The zero-order valence-corrected chi connectivity index (χ0v) is 8.29. The molecule has 0 amide bonds. The van der Waals surface area contributed by atoms with Crippen LogP contribution >= 0.6 is 0 Å². The zero-order chi connectivity index (χ0) is 9.64. The third-order valence-corrected chi connectivity index (χ3v) is 2.34. The maximum Gasteiger partial charge on any atom is 0.0206 e.